The number of ether oxygens (including phenoxy) is 2. The number of hydrogen-bond acceptors (Lipinski definition) is 8. The topological polar surface area (TPSA) is 109 Å². The molecule has 2 saturated heterocycles. The Labute approximate surface area is 226 Å². The number of nitrogens with zero attached hydrogens (tertiary/aromatic N) is 3. The minimum Gasteiger partial charge on any atom is -0.457 e. The van der Waals surface area contributed by atoms with Crippen molar-refractivity contribution in [1.29, 1.82) is 0 Å². The first kappa shape index (κ1) is 27.7. The Balaban J connectivity index is 1.59. The van der Waals surface area contributed by atoms with E-state index < -0.39 is 24.1 Å². The predicted molar refractivity (Wildman–Crippen MR) is 144 cm³/mol. The molecule has 1 N–H and O–H groups in total. The van der Waals surface area contributed by atoms with Gasteiger partial charge in [0, 0.05) is 35.0 Å². The zero-order valence-electron chi connectivity index (χ0n) is 21.6. The number of fused-ring (bicyclic) bond motifs is 1. The van der Waals surface area contributed by atoms with Crippen LogP contribution in [0.1, 0.15) is 25.8 Å². The molecular weight excluding hydrogens is 506 g/mol. The molecule has 0 aliphatic carbocycles. The summed E-state index contributed by atoms with van der Waals surface area (Å²) in [5.74, 6) is -1.62. The zero-order chi connectivity index (χ0) is 27.4. The lowest BCUT2D eigenvalue weighted by atomic mass is 9.79. The summed E-state index contributed by atoms with van der Waals surface area (Å²) in [4.78, 5) is 46.8. The van der Waals surface area contributed by atoms with Gasteiger partial charge in [0.2, 0.25) is 5.91 Å². The number of rotatable bonds is 10. The molecule has 0 spiro atoms. The first-order valence-electron chi connectivity index (χ1n) is 12.6. The van der Waals surface area contributed by atoms with Crippen molar-refractivity contribution in [3.8, 4) is 0 Å². The SMILES string of the molecule is C=CCOC(=O)C1=C(S[C@H]2C[C@@H](C=Cc3cccnc3)N(C(=O)OCC=C)C2)[C@H](C)[C@@H]2[C@@H]([C@@H](C)O)C(=O)N12. The van der Waals surface area contributed by atoms with Gasteiger partial charge in [0.15, 0.2) is 0 Å². The molecule has 0 radical (unpaired) electrons. The van der Waals surface area contributed by atoms with Crippen molar-refractivity contribution in [2.45, 2.75) is 43.7 Å². The number of thioether (sulfide) groups is 1. The number of hydrogen-bond donors (Lipinski definition) is 1. The molecule has 0 unspecified atom stereocenters. The zero-order valence-corrected chi connectivity index (χ0v) is 22.4. The molecule has 9 nitrogen and oxygen atoms in total. The average molecular weight is 540 g/mol. The maximum Gasteiger partial charge on any atom is 0.410 e. The Hall–Kier alpha value is -3.37. The Kier molecular flexibility index (Phi) is 8.73. The third kappa shape index (κ3) is 5.42. The van der Waals surface area contributed by atoms with Gasteiger partial charge in [0.1, 0.15) is 18.9 Å². The highest BCUT2D eigenvalue weighted by Crippen LogP contribution is 2.52. The second kappa shape index (κ2) is 12.0. The molecule has 4 rings (SSSR count). The van der Waals surface area contributed by atoms with Gasteiger partial charge in [-0.3, -0.25) is 9.78 Å². The first-order valence-corrected chi connectivity index (χ1v) is 13.5. The molecule has 3 aliphatic rings. The van der Waals surface area contributed by atoms with E-state index in [9.17, 15) is 19.5 Å². The summed E-state index contributed by atoms with van der Waals surface area (Å²) in [6, 6.07) is 3.22. The lowest BCUT2D eigenvalue weighted by Gasteiger charge is -2.46. The largest absolute Gasteiger partial charge is 0.457 e. The fourth-order valence-electron chi connectivity index (χ4n) is 5.27. The van der Waals surface area contributed by atoms with Crippen molar-refractivity contribution in [3.63, 3.8) is 0 Å². The van der Waals surface area contributed by atoms with E-state index in [0.717, 1.165) is 10.5 Å². The summed E-state index contributed by atoms with van der Waals surface area (Å²) >= 11 is 1.49. The molecule has 10 heteroatoms. The molecule has 0 bridgehead atoms. The van der Waals surface area contributed by atoms with Gasteiger partial charge in [0.05, 0.1) is 24.1 Å². The fraction of sp³-hybridized carbons (Fsp3) is 0.429. The van der Waals surface area contributed by atoms with Crippen LogP contribution in [0, 0.1) is 11.8 Å². The van der Waals surface area contributed by atoms with E-state index in [4.69, 9.17) is 9.47 Å². The molecule has 0 saturated carbocycles. The fourth-order valence-corrected chi connectivity index (χ4v) is 6.80. The molecule has 202 valence electrons. The average Bonchev–Trinajstić information content (AvgIpc) is 3.42. The molecule has 2 fully saturated rings. The quantitative estimate of drug-likeness (QED) is 0.274. The normalized spacial score (nSPS) is 27.2. The maximum absolute atomic E-state index is 13.1. The van der Waals surface area contributed by atoms with Crippen LogP contribution >= 0.6 is 11.8 Å². The van der Waals surface area contributed by atoms with E-state index in [1.54, 1.807) is 24.2 Å². The van der Waals surface area contributed by atoms with Gasteiger partial charge in [-0.2, -0.15) is 0 Å². The van der Waals surface area contributed by atoms with Crippen LogP contribution in [0.5, 0.6) is 0 Å². The van der Waals surface area contributed by atoms with E-state index >= 15 is 0 Å². The number of carbonyl (C=O) groups is 3. The van der Waals surface area contributed by atoms with Crippen molar-refractivity contribution >= 4 is 35.8 Å². The second-order valence-corrected chi connectivity index (χ2v) is 10.9. The molecule has 6 atom stereocenters. The molecular formula is C28H33N3O6S. The van der Waals surface area contributed by atoms with Crippen LogP contribution in [0.25, 0.3) is 6.08 Å². The number of β-lactam (4-membered cyclic amide) rings is 1. The second-order valence-electron chi connectivity index (χ2n) is 9.56. The highest BCUT2D eigenvalue weighted by Gasteiger charge is 2.60. The van der Waals surface area contributed by atoms with Crippen LogP contribution in [0.4, 0.5) is 4.79 Å². The van der Waals surface area contributed by atoms with Gasteiger partial charge in [-0.15, -0.1) is 11.8 Å². The number of aliphatic hydroxyl groups excluding tert-OH is 1. The summed E-state index contributed by atoms with van der Waals surface area (Å²) in [6.45, 7) is 11.3. The van der Waals surface area contributed by atoms with Gasteiger partial charge >= 0.3 is 12.1 Å². The number of aromatic nitrogens is 1. The van der Waals surface area contributed by atoms with Crippen molar-refractivity contribution in [2.24, 2.45) is 11.8 Å². The van der Waals surface area contributed by atoms with Crippen LogP contribution in [-0.2, 0) is 19.1 Å². The lowest BCUT2D eigenvalue weighted by Crippen LogP contribution is -2.63. The van der Waals surface area contributed by atoms with E-state index in [-0.39, 0.29) is 48.1 Å². The van der Waals surface area contributed by atoms with Gasteiger partial charge in [-0.05, 0) is 25.0 Å². The minimum absolute atomic E-state index is 0.0226. The Bertz CT molecular complexity index is 1150. The van der Waals surface area contributed by atoms with Gasteiger partial charge in [-0.1, -0.05) is 50.5 Å². The van der Waals surface area contributed by atoms with Crippen LogP contribution in [0.15, 0.2) is 66.5 Å². The number of aliphatic hydroxyl groups is 1. The molecule has 3 aliphatic heterocycles. The monoisotopic (exact) mass is 539 g/mol. The molecule has 0 aromatic carbocycles. The summed E-state index contributed by atoms with van der Waals surface area (Å²) < 4.78 is 10.7. The molecule has 38 heavy (non-hydrogen) atoms. The number of esters is 1. The maximum atomic E-state index is 13.1. The van der Waals surface area contributed by atoms with E-state index in [1.165, 1.54) is 28.8 Å². The van der Waals surface area contributed by atoms with Gasteiger partial charge < -0.3 is 24.4 Å². The highest BCUT2D eigenvalue weighted by molar-refractivity contribution is 8.03. The van der Waals surface area contributed by atoms with Crippen LogP contribution < -0.4 is 0 Å². The molecule has 1 aromatic rings. The van der Waals surface area contributed by atoms with Crippen molar-refractivity contribution in [2.75, 3.05) is 19.8 Å². The van der Waals surface area contributed by atoms with Crippen molar-refractivity contribution < 1.29 is 29.0 Å². The highest BCUT2D eigenvalue weighted by atomic mass is 32.2. The minimum atomic E-state index is -0.829. The van der Waals surface area contributed by atoms with Crippen molar-refractivity contribution in [3.05, 3.63) is 72.1 Å². The Morgan fingerprint density at radius 3 is 2.68 bits per heavy atom. The molecule has 4 heterocycles. The first-order chi connectivity index (χ1) is 18.3. The van der Waals surface area contributed by atoms with Gasteiger partial charge in [0.25, 0.3) is 0 Å². The van der Waals surface area contributed by atoms with Crippen LogP contribution in [0.2, 0.25) is 0 Å². The van der Waals surface area contributed by atoms with E-state index in [2.05, 4.69) is 18.1 Å². The summed E-state index contributed by atoms with van der Waals surface area (Å²) in [7, 11) is 0. The van der Waals surface area contributed by atoms with Crippen LogP contribution in [-0.4, -0.2) is 81.1 Å². The summed E-state index contributed by atoms with van der Waals surface area (Å²) in [5.41, 5.74) is 1.14. The van der Waals surface area contributed by atoms with E-state index in [1.807, 2.05) is 31.2 Å². The Morgan fingerprint density at radius 1 is 1.29 bits per heavy atom. The van der Waals surface area contributed by atoms with Crippen molar-refractivity contribution in [1.82, 2.24) is 14.8 Å². The number of amides is 2. The van der Waals surface area contributed by atoms with Gasteiger partial charge in [-0.25, -0.2) is 9.59 Å². The lowest BCUT2D eigenvalue weighted by molar-refractivity contribution is -0.164. The third-order valence-corrected chi connectivity index (χ3v) is 8.48. The smallest absolute Gasteiger partial charge is 0.410 e. The summed E-state index contributed by atoms with van der Waals surface area (Å²) in [5, 5.41) is 10.2. The van der Waals surface area contributed by atoms with Crippen LogP contribution in [0.3, 0.4) is 0 Å². The third-order valence-electron chi connectivity index (χ3n) is 6.99. The van der Waals surface area contributed by atoms with E-state index in [0.29, 0.717) is 13.0 Å². The Morgan fingerprint density at radius 2 is 2.03 bits per heavy atom. The number of carbonyl (C=O) groups excluding carboxylic acids is 3. The standard InChI is InChI=1S/C28H33N3O6S/c1-5-12-36-27(34)24-25(17(3)23-22(18(4)32)26(33)31(23)24)38-21-14-20(10-9-19-8-7-11-29-15-19)30(16-21)28(35)37-13-6-2/h5-11,15,17-18,20-23,32H,1-2,12-14,16H2,3-4H3/t17-,18-,20-,21+,22-,23-/m1/s1. The molecule has 1 aromatic heterocycles. The summed E-state index contributed by atoms with van der Waals surface area (Å²) in [6.07, 6.45) is 9.66. The predicted octanol–water partition coefficient (Wildman–Crippen LogP) is 3.39. The number of likely N-dealkylation sites (tertiary alicyclic amines) is 1. The number of pyridine rings is 1. The molecule has 2 amide bonds.